The highest BCUT2D eigenvalue weighted by atomic mass is 35.5. The number of aromatic nitrogens is 2. The SMILES string of the molecule is Cc1nccc(C(=O)Cl)n1. The molecule has 0 aliphatic rings. The summed E-state index contributed by atoms with van der Waals surface area (Å²) in [5.41, 5.74) is 0.245. The molecule has 1 rings (SSSR count). The number of aryl methyl sites for hydroxylation is 1. The van der Waals surface area contributed by atoms with Crippen molar-refractivity contribution in [3.8, 4) is 0 Å². The quantitative estimate of drug-likeness (QED) is 0.573. The molecule has 4 heteroatoms. The van der Waals surface area contributed by atoms with Crippen molar-refractivity contribution in [3.05, 3.63) is 23.8 Å². The van der Waals surface area contributed by atoms with E-state index in [0.29, 0.717) is 5.82 Å². The van der Waals surface area contributed by atoms with E-state index in [0.717, 1.165) is 0 Å². The summed E-state index contributed by atoms with van der Waals surface area (Å²) < 4.78 is 0. The first-order valence-corrected chi connectivity index (χ1v) is 3.07. The fourth-order valence-electron chi connectivity index (χ4n) is 0.566. The third-order valence-corrected chi connectivity index (χ3v) is 1.17. The van der Waals surface area contributed by atoms with E-state index >= 15 is 0 Å². The molecule has 0 bridgehead atoms. The van der Waals surface area contributed by atoms with E-state index < -0.39 is 5.24 Å². The van der Waals surface area contributed by atoms with E-state index in [1.807, 2.05) is 0 Å². The largest absolute Gasteiger partial charge is 0.274 e. The van der Waals surface area contributed by atoms with Gasteiger partial charge in [-0.25, -0.2) is 9.97 Å². The van der Waals surface area contributed by atoms with Gasteiger partial charge in [0.25, 0.3) is 5.24 Å². The maximum Gasteiger partial charge on any atom is 0.270 e. The Balaban J connectivity index is 3.07. The Morgan fingerprint density at radius 3 is 2.80 bits per heavy atom. The first kappa shape index (κ1) is 7.15. The monoisotopic (exact) mass is 156 g/mol. The molecule has 0 aliphatic carbocycles. The van der Waals surface area contributed by atoms with Crippen LogP contribution in [0.3, 0.4) is 0 Å². The van der Waals surface area contributed by atoms with Gasteiger partial charge in [-0.3, -0.25) is 4.79 Å². The molecule has 1 heterocycles. The van der Waals surface area contributed by atoms with Gasteiger partial charge in [0.15, 0.2) is 0 Å². The maximum absolute atomic E-state index is 10.5. The van der Waals surface area contributed by atoms with E-state index in [4.69, 9.17) is 11.6 Å². The molecule has 0 radical (unpaired) electrons. The van der Waals surface area contributed by atoms with E-state index in [9.17, 15) is 4.79 Å². The summed E-state index contributed by atoms with van der Waals surface area (Å²) in [6.07, 6.45) is 1.50. The summed E-state index contributed by atoms with van der Waals surface area (Å²) >= 11 is 5.15. The van der Waals surface area contributed by atoms with Gasteiger partial charge in [-0.15, -0.1) is 0 Å². The van der Waals surface area contributed by atoms with Crippen molar-refractivity contribution in [2.75, 3.05) is 0 Å². The molecule has 10 heavy (non-hydrogen) atoms. The van der Waals surface area contributed by atoms with Crippen LogP contribution in [0.4, 0.5) is 0 Å². The molecule has 0 aromatic carbocycles. The maximum atomic E-state index is 10.5. The van der Waals surface area contributed by atoms with Gasteiger partial charge in [0.2, 0.25) is 0 Å². The van der Waals surface area contributed by atoms with Crippen LogP contribution in [0.2, 0.25) is 0 Å². The first-order valence-electron chi connectivity index (χ1n) is 2.69. The van der Waals surface area contributed by atoms with Gasteiger partial charge in [-0.1, -0.05) is 0 Å². The molecule has 0 saturated heterocycles. The molecule has 3 nitrogen and oxygen atoms in total. The third-order valence-electron chi connectivity index (χ3n) is 0.977. The van der Waals surface area contributed by atoms with Crippen LogP contribution < -0.4 is 0 Å². The van der Waals surface area contributed by atoms with Crippen molar-refractivity contribution in [1.82, 2.24) is 9.97 Å². The fourth-order valence-corrected chi connectivity index (χ4v) is 0.671. The molecule has 1 aromatic rings. The highest BCUT2D eigenvalue weighted by Gasteiger charge is 2.01. The summed E-state index contributed by atoms with van der Waals surface area (Å²) in [5.74, 6) is 0.548. The molecule has 0 saturated carbocycles. The minimum absolute atomic E-state index is 0.245. The highest BCUT2D eigenvalue weighted by molar-refractivity contribution is 6.67. The normalized spacial score (nSPS) is 9.40. The van der Waals surface area contributed by atoms with Gasteiger partial charge in [-0.05, 0) is 24.6 Å². The van der Waals surface area contributed by atoms with Gasteiger partial charge in [0, 0.05) is 6.20 Å². The number of nitrogens with zero attached hydrogens (tertiary/aromatic N) is 2. The predicted molar refractivity (Wildman–Crippen MR) is 37.0 cm³/mol. The predicted octanol–water partition coefficient (Wildman–Crippen LogP) is 1.16. The molecular formula is C6H5ClN2O. The second-order valence-corrected chi connectivity index (χ2v) is 2.11. The van der Waals surface area contributed by atoms with Crippen molar-refractivity contribution >= 4 is 16.8 Å². The number of carbonyl (C=O) groups is 1. The lowest BCUT2D eigenvalue weighted by atomic mass is 10.4. The van der Waals surface area contributed by atoms with Crippen LogP contribution in [-0.4, -0.2) is 15.2 Å². The number of hydrogen-bond acceptors (Lipinski definition) is 3. The van der Waals surface area contributed by atoms with Gasteiger partial charge in [0.1, 0.15) is 11.5 Å². The molecule has 0 N–H and O–H groups in total. The number of hydrogen-bond donors (Lipinski definition) is 0. The smallest absolute Gasteiger partial charge is 0.270 e. The zero-order valence-corrected chi connectivity index (χ0v) is 6.09. The molecule has 0 spiro atoms. The summed E-state index contributed by atoms with van der Waals surface area (Å²) in [7, 11) is 0. The van der Waals surface area contributed by atoms with Crippen LogP contribution >= 0.6 is 11.6 Å². The van der Waals surface area contributed by atoms with Crippen molar-refractivity contribution in [2.24, 2.45) is 0 Å². The molecule has 0 amide bonds. The lowest BCUT2D eigenvalue weighted by Gasteiger charge is -1.91. The minimum Gasteiger partial charge on any atom is -0.274 e. The van der Waals surface area contributed by atoms with Crippen molar-refractivity contribution in [3.63, 3.8) is 0 Å². The number of rotatable bonds is 1. The lowest BCUT2D eigenvalue weighted by molar-refractivity contribution is 0.107. The van der Waals surface area contributed by atoms with E-state index in [-0.39, 0.29) is 5.69 Å². The second kappa shape index (κ2) is 2.75. The van der Waals surface area contributed by atoms with Crippen molar-refractivity contribution in [1.29, 1.82) is 0 Å². The average Bonchev–Trinajstić information content (AvgIpc) is 1.88. The molecule has 1 aromatic heterocycles. The van der Waals surface area contributed by atoms with E-state index in [2.05, 4.69) is 9.97 Å². The standard InChI is InChI=1S/C6H5ClN2O/c1-4-8-3-2-5(9-4)6(7)10/h2-3H,1H3. The Kier molecular flexibility index (Phi) is 1.97. The molecule has 0 unspecified atom stereocenters. The summed E-state index contributed by atoms with van der Waals surface area (Å²) in [6, 6.07) is 1.47. The lowest BCUT2D eigenvalue weighted by Crippen LogP contribution is -1.96. The summed E-state index contributed by atoms with van der Waals surface area (Å²) in [5, 5.41) is -0.550. The van der Waals surface area contributed by atoms with Gasteiger partial charge in [0.05, 0.1) is 0 Å². The molecule has 52 valence electrons. The van der Waals surface area contributed by atoms with Gasteiger partial charge in [-0.2, -0.15) is 0 Å². The second-order valence-electron chi connectivity index (χ2n) is 1.76. The van der Waals surface area contributed by atoms with Crippen LogP contribution in [-0.2, 0) is 0 Å². The van der Waals surface area contributed by atoms with Crippen LogP contribution in [0, 0.1) is 6.92 Å². The first-order chi connectivity index (χ1) is 4.70. The Morgan fingerprint density at radius 2 is 2.40 bits per heavy atom. The molecule has 0 aliphatic heterocycles. The van der Waals surface area contributed by atoms with Crippen LogP contribution in [0.15, 0.2) is 12.3 Å². The Bertz CT molecular complexity index is 262. The topological polar surface area (TPSA) is 42.9 Å². The summed E-state index contributed by atoms with van der Waals surface area (Å²) in [4.78, 5) is 18.1. The molecule has 0 atom stereocenters. The van der Waals surface area contributed by atoms with E-state index in [1.165, 1.54) is 12.3 Å². The Hall–Kier alpha value is -0.960. The van der Waals surface area contributed by atoms with Gasteiger partial charge < -0.3 is 0 Å². The van der Waals surface area contributed by atoms with Crippen molar-refractivity contribution < 1.29 is 4.79 Å². The average molecular weight is 157 g/mol. The van der Waals surface area contributed by atoms with Gasteiger partial charge >= 0.3 is 0 Å². The summed E-state index contributed by atoms with van der Waals surface area (Å²) in [6.45, 7) is 1.70. The van der Waals surface area contributed by atoms with Crippen LogP contribution in [0.5, 0.6) is 0 Å². The molecule has 0 fully saturated rings. The fraction of sp³-hybridized carbons (Fsp3) is 0.167. The highest BCUT2D eigenvalue weighted by Crippen LogP contribution is 1.98. The Morgan fingerprint density at radius 1 is 1.70 bits per heavy atom. The van der Waals surface area contributed by atoms with E-state index in [1.54, 1.807) is 6.92 Å². The van der Waals surface area contributed by atoms with Crippen molar-refractivity contribution in [2.45, 2.75) is 6.92 Å². The Labute approximate surface area is 63.1 Å². The number of halogens is 1. The van der Waals surface area contributed by atoms with Crippen LogP contribution in [0.1, 0.15) is 16.3 Å². The number of carbonyl (C=O) groups excluding carboxylic acids is 1. The zero-order chi connectivity index (χ0) is 7.56. The zero-order valence-electron chi connectivity index (χ0n) is 5.34. The van der Waals surface area contributed by atoms with Crippen LogP contribution in [0.25, 0.3) is 0 Å². The third kappa shape index (κ3) is 1.51. The molecular weight excluding hydrogens is 152 g/mol. The minimum atomic E-state index is -0.550.